The first kappa shape index (κ1) is 43.8. The first-order chi connectivity index (χ1) is 28.1. The van der Waals surface area contributed by atoms with Crippen molar-refractivity contribution < 1.29 is 19.2 Å². The fourth-order valence-corrected chi connectivity index (χ4v) is 7.41. The van der Waals surface area contributed by atoms with Crippen LogP contribution < -0.4 is 39.2 Å². The van der Waals surface area contributed by atoms with E-state index < -0.39 is 0 Å². The maximum Gasteiger partial charge on any atom is 0.328 e. The lowest BCUT2D eigenvalue weighted by molar-refractivity contribution is 0.253. The molecule has 0 radical (unpaired) electrons. The number of benzene rings is 5. The van der Waals surface area contributed by atoms with Crippen LogP contribution in [0.1, 0.15) is 25.0 Å². The summed E-state index contributed by atoms with van der Waals surface area (Å²) in [5.41, 5.74) is 7.44. The van der Waals surface area contributed by atoms with Gasteiger partial charge in [-0.15, -0.1) is 0 Å². The molecule has 0 saturated carbocycles. The summed E-state index contributed by atoms with van der Waals surface area (Å²) in [5.74, 6) is 0. The first-order valence-electron chi connectivity index (χ1n) is 19.3. The van der Waals surface area contributed by atoms with E-state index in [1.807, 2.05) is 60.7 Å². The molecule has 0 heterocycles. The van der Waals surface area contributed by atoms with Crippen molar-refractivity contribution in [3.05, 3.63) is 131 Å². The zero-order valence-corrected chi connectivity index (χ0v) is 37.1. The van der Waals surface area contributed by atoms with E-state index in [0.717, 1.165) is 39.8 Å². The second-order valence-electron chi connectivity index (χ2n) is 14.2. The lowest BCUT2D eigenvalue weighted by Crippen LogP contribution is -2.41. The first-order valence-corrected chi connectivity index (χ1v) is 20.1. The van der Waals surface area contributed by atoms with Gasteiger partial charge >= 0.3 is 24.1 Å². The fourth-order valence-electron chi connectivity index (χ4n) is 6.86. The van der Waals surface area contributed by atoms with Gasteiger partial charge in [0, 0.05) is 95.0 Å². The number of para-hydroxylation sites is 2. The summed E-state index contributed by atoms with van der Waals surface area (Å²) in [7, 11) is 13.6. The van der Waals surface area contributed by atoms with Gasteiger partial charge in [0.25, 0.3) is 0 Å². The number of rotatable bonds is 10. The minimum Gasteiger partial charge on any atom is -0.297 e. The molecule has 0 aromatic heterocycles. The molecule has 0 aliphatic carbocycles. The molecule has 13 heteroatoms. The van der Waals surface area contributed by atoms with Crippen LogP contribution in [-0.2, 0) is 12.8 Å². The number of anilines is 8. The number of urea groups is 4. The van der Waals surface area contributed by atoms with E-state index in [1.54, 1.807) is 114 Å². The largest absolute Gasteiger partial charge is 0.328 e. The van der Waals surface area contributed by atoms with Crippen molar-refractivity contribution in [2.45, 2.75) is 26.7 Å². The van der Waals surface area contributed by atoms with Crippen LogP contribution in [0.5, 0.6) is 0 Å². The second kappa shape index (κ2) is 18.9. The Morgan fingerprint density at radius 1 is 0.390 bits per heavy atom. The quantitative estimate of drug-likeness (QED) is 0.140. The second-order valence-corrected chi connectivity index (χ2v) is 15.1. The number of halogens is 1. The van der Waals surface area contributed by atoms with Crippen molar-refractivity contribution in [2.24, 2.45) is 0 Å². The number of carbonyl (C=O) groups is 4. The Labute approximate surface area is 356 Å². The third kappa shape index (κ3) is 9.36. The van der Waals surface area contributed by atoms with Gasteiger partial charge in [-0.3, -0.25) is 39.2 Å². The highest BCUT2D eigenvalue weighted by Crippen LogP contribution is 2.31. The van der Waals surface area contributed by atoms with E-state index in [1.165, 1.54) is 24.5 Å². The summed E-state index contributed by atoms with van der Waals surface area (Å²) >= 11 is 3.52. The van der Waals surface area contributed by atoms with Crippen LogP contribution in [0.3, 0.4) is 0 Å². The van der Waals surface area contributed by atoms with Crippen molar-refractivity contribution in [3.8, 4) is 0 Å². The minimum absolute atomic E-state index is 0.194. The molecule has 5 rings (SSSR count). The number of nitrogens with zero attached hydrogens (tertiary/aromatic N) is 8. The number of hydrogen-bond donors (Lipinski definition) is 0. The third-order valence-corrected chi connectivity index (χ3v) is 11.3. The molecule has 0 aliphatic rings. The van der Waals surface area contributed by atoms with Crippen molar-refractivity contribution in [1.29, 1.82) is 0 Å². The average molecular weight is 862 g/mol. The van der Waals surface area contributed by atoms with E-state index in [-0.39, 0.29) is 24.1 Å². The Balaban J connectivity index is 1.28. The maximum atomic E-state index is 13.9. The monoisotopic (exact) mass is 860 g/mol. The number of hydrogen-bond acceptors (Lipinski definition) is 4. The van der Waals surface area contributed by atoms with E-state index >= 15 is 0 Å². The van der Waals surface area contributed by atoms with Crippen molar-refractivity contribution in [2.75, 3.05) is 95.6 Å². The molecule has 0 bridgehead atoms. The molecular weight excluding hydrogens is 808 g/mol. The van der Waals surface area contributed by atoms with E-state index in [2.05, 4.69) is 41.9 Å². The van der Waals surface area contributed by atoms with Gasteiger partial charge in [0.05, 0.1) is 11.4 Å². The fraction of sp³-hybridized carbons (Fsp3) is 0.261. The summed E-state index contributed by atoms with van der Waals surface area (Å²) in [6.45, 7) is 4.17. The minimum atomic E-state index is -0.324. The van der Waals surface area contributed by atoms with Crippen LogP contribution in [0.25, 0.3) is 0 Å². The average Bonchev–Trinajstić information content (AvgIpc) is 3.28. The molecule has 308 valence electrons. The predicted molar refractivity (Wildman–Crippen MR) is 247 cm³/mol. The van der Waals surface area contributed by atoms with Gasteiger partial charge in [0.15, 0.2) is 0 Å². The Morgan fingerprint density at radius 2 is 0.678 bits per heavy atom. The molecule has 0 N–H and O–H groups in total. The molecule has 0 spiro atoms. The van der Waals surface area contributed by atoms with E-state index in [0.29, 0.717) is 34.1 Å². The summed E-state index contributed by atoms with van der Waals surface area (Å²) in [6, 6.07) is 34.2. The lowest BCUT2D eigenvalue weighted by Gasteiger charge is -2.30. The van der Waals surface area contributed by atoms with Crippen LogP contribution in [0.15, 0.2) is 120 Å². The summed E-state index contributed by atoms with van der Waals surface area (Å²) < 4.78 is 0.796. The van der Waals surface area contributed by atoms with Crippen LogP contribution in [0.4, 0.5) is 64.7 Å². The number of aryl methyl sites for hydroxylation is 2. The SMILES string of the molecule is CCc1cccc(CC)c1N(C)C(=O)N(C)c1cccc(N(C)C(=O)N(C)c2cccc(N(C)C(=O)N(C)c3cccc(N(C)C(=O)N(C)c4ccccc4Br)c3)c2)c1. The molecule has 5 aromatic carbocycles. The van der Waals surface area contributed by atoms with E-state index in [4.69, 9.17) is 0 Å². The number of carbonyl (C=O) groups excluding carboxylic acids is 4. The zero-order chi connectivity index (χ0) is 43.1. The molecule has 59 heavy (non-hydrogen) atoms. The highest BCUT2D eigenvalue weighted by atomic mass is 79.9. The normalized spacial score (nSPS) is 10.7. The van der Waals surface area contributed by atoms with Crippen LogP contribution in [0.2, 0.25) is 0 Å². The molecule has 0 unspecified atom stereocenters. The molecule has 5 aromatic rings. The smallest absolute Gasteiger partial charge is 0.297 e. The summed E-state index contributed by atoms with van der Waals surface area (Å²) in [6.07, 6.45) is 1.60. The van der Waals surface area contributed by atoms with Crippen molar-refractivity contribution in [3.63, 3.8) is 0 Å². The highest BCUT2D eigenvalue weighted by Gasteiger charge is 2.25. The van der Waals surface area contributed by atoms with Crippen LogP contribution in [-0.4, -0.2) is 80.5 Å². The Kier molecular flexibility index (Phi) is 14.1. The molecule has 0 saturated heterocycles. The van der Waals surface area contributed by atoms with Crippen LogP contribution >= 0.6 is 15.9 Å². The van der Waals surface area contributed by atoms with Crippen molar-refractivity contribution in [1.82, 2.24) is 0 Å². The van der Waals surface area contributed by atoms with Gasteiger partial charge < -0.3 is 0 Å². The Morgan fingerprint density at radius 3 is 1.00 bits per heavy atom. The maximum absolute atomic E-state index is 13.9. The highest BCUT2D eigenvalue weighted by molar-refractivity contribution is 9.10. The standard InChI is InChI=1S/C46H53BrN8O4/c1-11-32-19-15-20-33(12-2)42(32)55(10)46(59)53(8)39-26-18-24-37(31-39)51(6)44(57)49(4)35-22-16-21-34(29-35)48(3)43(56)50(5)36-23-17-25-38(30-36)52(7)45(58)54(9)41-28-14-13-27-40(41)47/h13-31H,11-12H2,1-10H3. The summed E-state index contributed by atoms with van der Waals surface area (Å²) in [4.78, 5) is 67.4. The molecular formula is C46H53BrN8O4. The Bertz CT molecular complexity index is 2310. The number of amides is 8. The van der Waals surface area contributed by atoms with Gasteiger partial charge in [-0.1, -0.05) is 62.4 Å². The van der Waals surface area contributed by atoms with Gasteiger partial charge in [0.1, 0.15) is 0 Å². The van der Waals surface area contributed by atoms with Crippen LogP contribution in [0, 0.1) is 0 Å². The Hall–Kier alpha value is -6.34. The van der Waals surface area contributed by atoms with Gasteiger partial charge in [0.2, 0.25) is 0 Å². The van der Waals surface area contributed by atoms with Gasteiger partial charge in [-0.25, -0.2) is 19.2 Å². The van der Waals surface area contributed by atoms with Gasteiger partial charge in [-0.05, 0) is 107 Å². The summed E-state index contributed by atoms with van der Waals surface area (Å²) in [5, 5.41) is 0. The predicted octanol–water partition coefficient (Wildman–Crippen LogP) is 10.3. The molecule has 0 atom stereocenters. The zero-order valence-electron chi connectivity index (χ0n) is 35.5. The van der Waals surface area contributed by atoms with Crippen molar-refractivity contribution >= 4 is 85.6 Å². The third-order valence-electron chi connectivity index (χ3n) is 10.6. The molecule has 0 aliphatic heterocycles. The topological polar surface area (TPSA) is 94.2 Å². The lowest BCUT2D eigenvalue weighted by atomic mass is 10.0. The molecule has 12 nitrogen and oxygen atoms in total. The molecule has 0 fully saturated rings. The van der Waals surface area contributed by atoms with Gasteiger partial charge in [-0.2, -0.15) is 0 Å². The van der Waals surface area contributed by atoms with E-state index in [9.17, 15) is 19.2 Å². The molecule has 8 amide bonds.